The minimum Gasteiger partial charge on any atom is -0.436 e. The first-order valence-electron chi connectivity index (χ1n) is 8.20. The summed E-state index contributed by atoms with van der Waals surface area (Å²) >= 11 is 0. The molecule has 0 fully saturated rings. The average Bonchev–Trinajstić information content (AvgIpc) is 3.08. The van der Waals surface area contributed by atoms with Crippen molar-refractivity contribution < 1.29 is 9.21 Å². The summed E-state index contributed by atoms with van der Waals surface area (Å²) in [5.41, 5.74) is 4.02. The van der Waals surface area contributed by atoms with Gasteiger partial charge < -0.3 is 9.32 Å². The zero-order valence-corrected chi connectivity index (χ0v) is 14.7. The van der Waals surface area contributed by atoms with E-state index in [4.69, 9.17) is 4.42 Å². The topological polar surface area (TPSA) is 59.2 Å². The predicted octanol–water partition coefficient (Wildman–Crippen LogP) is 3.97. The molecule has 1 aliphatic rings. The highest BCUT2D eigenvalue weighted by Gasteiger charge is 2.42. The van der Waals surface area contributed by atoms with Gasteiger partial charge in [0.25, 0.3) is 0 Å². The van der Waals surface area contributed by atoms with Crippen LogP contribution >= 0.6 is 0 Å². The van der Waals surface area contributed by atoms with E-state index >= 15 is 0 Å². The Morgan fingerprint density at radius 2 is 1.96 bits per heavy atom. The highest BCUT2D eigenvalue weighted by Crippen LogP contribution is 2.43. The highest BCUT2D eigenvalue weighted by molar-refractivity contribution is 6.07. The summed E-state index contributed by atoms with van der Waals surface area (Å²) in [6.07, 6.45) is 3.45. The van der Waals surface area contributed by atoms with Crippen molar-refractivity contribution in [2.75, 3.05) is 11.9 Å². The number of hydrogen-bond donors (Lipinski definition) is 0. The molecule has 0 bridgehead atoms. The van der Waals surface area contributed by atoms with Crippen molar-refractivity contribution in [3.05, 3.63) is 54.0 Å². The summed E-state index contributed by atoms with van der Waals surface area (Å²) < 4.78 is 6.01. The Balaban J connectivity index is 1.80. The fourth-order valence-corrected chi connectivity index (χ4v) is 3.40. The second-order valence-electron chi connectivity index (χ2n) is 6.90. The molecule has 3 heterocycles. The maximum atomic E-state index is 12.5. The van der Waals surface area contributed by atoms with E-state index in [0.29, 0.717) is 11.7 Å². The first-order valence-corrected chi connectivity index (χ1v) is 8.20. The lowest BCUT2D eigenvalue weighted by molar-refractivity contribution is -0.121. The Kier molecular flexibility index (Phi) is 3.29. The van der Waals surface area contributed by atoms with Gasteiger partial charge in [-0.2, -0.15) is 0 Å². The van der Waals surface area contributed by atoms with Crippen molar-refractivity contribution in [2.24, 2.45) is 0 Å². The number of carbonyl (C=O) groups is 1. The van der Waals surface area contributed by atoms with E-state index in [1.165, 1.54) is 0 Å². The maximum absolute atomic E-state index is 12.5. The van der Waals surface area contributed by atoms with Crippen LogP contribution in [0.5, 0.6) is 0 Å². The monoisotopic (exact) mass is 333 g/mol. The van der Waals surface area contributed by atoms with Crippen LogP contribution in [0, 0.1) is 6.92 Å². The third-order valence-corrected chi connectivity index (χ3v) is 4.84. The molecule has 1 aliphatic heterocycles. The molecule has 1 aromatic carbocycles. The number of fused-ring (bicyclic) bond motifs is 1. The number of likely N-dealkylation sites (N-methyl/N-ethyl adjacent to an activating group) is 1. The van der Waals surface area contributed by atoms with Crippen LogP contribution in [0.25, 0.3) is 22.8 Å². The van der Waals surface area contributed by atoms with Crippen molar-refractivity contribution in [2.45, 2.75) is 26.2 Å². The number of rotatable bonds is 2. The van der Waals surface area contributed by atoms with Gasteiger partial charge in [-0.15, -0.1) is 0 Å². The Morgan fingerprint density at radius 1 is 1.16 bits per heavy atom. The second kappa shape index (κ2) is 5.28. The van der Waals surface area contributed by atoms with Crippen molar-refractivity contribution in [1.29, 1.82) is 0 Å². The first-order chi connectivity index (χ1) is 11.9. The van der Waals surface area contributed by atoms with Gasteiger partial charge in [0.15, 0.2) is 5.76 Å². The molecule has 126 valence electrons. The zero-order valence-electron chi connectivity index (χ0n) is 14.7. The number of benzene rings is 1. The third kappa shape index (κ3) is 2.27. The summed E-state index contributed by atoms with van der Waals surface area (Å²) in [4.78, 5) is 22.8. The molecule has 0 saturated heterocycles. The van der Waals surface area contributed by atoms with Crippen LogP contribution < -0.4 is 4.90 Å². The van der Waals surface area contributed by atoms with Crippen LogP contribution in [-0.4, -0.2) is 22.9 Å². The van der Waals surface area contributed by atoms with Gasteiger partial charge in [0.1, 0.15) is 0 Å². The van der Waals surface area contributed by atoms with Gasteiger partial charge in [-0.05, 0) is 44.5 Å². The van der Waals surface area contributed by atoms with Gasteiger partial charge >= 0.3 is 0 Å². The third-order valence-electron chi connectivity index (χ3n) is 4.84. The van der Waals surface area contributed by atoms with Gasteiger partial charge in [-0.3, -0.25) is 9.78 Å². The predicted molar refractivity (Wildman–Crippen MR) is 96.3 cm³/mol. The SMILES string of the molecule is Cc1nc(-c2cccnc2)oc1-c1ccc2c(c1)N(C)C(=O)C2(C)C. The summed E-state index contributed by atoms with van der Waals surface area (Å²) in [6, 6.07) is 9.78. The molecule has 5 nitrogen and oxygen atoms in total. The van der Waals surface area contributed by atoms with Crippen molar-refractivity contribution in [3.8, 4) is 22.8 Å². The van der Waals surface area contributed by atoms with Crippen LogP contribution in [0.4, 0.5) is 5.69 Å². The van der Waals surface area contributed by atoms with Gasteiger partial charge in [0, 0.05) is 30.7 Å². The Hall–Kier alpha value is -2.95. The van der Waals surface area contributed by atoms with Gasteiger partial charge in [0.2, 0.25) is 11.8 Å². The number of nitrogens with zero attached hydrogens (tertiary/aromatic N) is 3. The summed E-state index contributed by atoms with van der Waals surface area (Å²) in [5, 5.41) is 0. The number of hydrogen-bond acceptors (Lipinski definition) is 4. The zero-order chi connectivity index (χ0) is 17.8. The molecular formula is C20H19N3O2. The van der Waals surface area contributed by atoms with Gasteiger partial charge in [-0.25, -0.2) is 4.98 Å². The molecule has 4 rings (SSSR count). The van der Waals surface area contributed by atoms with Crippen LogP contribution in [-0.2, 0) is 10.2 Å². The quantitative estimate of drug-likeness (QED) is 0.712. The van der Waals surface area contributed by atoms with E-state index in [0.717, 1.165) is 28.1 Å². The van der Waals surface area contributed by atoms with Crippen molar-refractivity contribution >= 4 is 11.6 Å². The molecule has 5 heteroatoms. The minimum atomic E-state index is -0.500. The number of amides is 1. The number of carbonyl (C=O) groups excluding carboxylic acids is 1. The molecule has 3 aromatic rings. The van der Waals surface area contributed by atoms with Crippen LogP contribution in [0.2, 0.25) is 0 Å². The maximum Gasteiger partial charge on any atom is 0.236 e. The lowest BCUT2D eigenvalue weighted by Crippen LogP contribution is -2.33. The molecule has 0 aliphatic carbocycles. The highest BCUT2D eigenvalue weighted by atomic mass is 16.4. The van der Waals surface area contributed by atoms with Gasteiger partial charge in [0.05, 0.1) is 16.7 Å². The smallest absolute Gasteiger partial charge is 0.236 e. The van der Waals surface area contributed by atoms with Crippen molar-refractivity contribution in [1.82, 2.24) is 9.97 Å². The summed E-state index contributed by atoms with van der Waals surface area (Å²) in [5.74, 6) is 1.36. The number of oxazole rings is 1. The van der Waals surface area contributed by atoms with Crippen LogP contribution in [0.1, 0.15) is 25.1 Å². The fourth-order valence-electron chi connectivity index (χ4n) is 3.40. The molecule has 0 saturated carbocycles. The minimum absolute atomic E-state index is 0.102. The molecule has 0 N–H and O–H groups in total. The van der Waals surface area contributed by atoms with E-state index in [1.807, 2.05) is 58.2 Å². The standard InChI is InChI=1S/C20H19N3O2/c1-12-17(25-18(22-12)14-6-5-9-21-11-14)13-7-8-15-16(10-13)23(4)19(24)20(15,2)3/h5-11H,1-4H3. The lowest BCUT2D eigenvalue weighted by Gasteiger charge is -2.16. The van der Waals surface area contributed by atoms with Crippen LogP contribution in [0.3, 0.4) is 0 Å². The number of aryl methyl sites for hydroxylation is 1. The van der Waals surface area contributed by atoms with Crippen molar-refractivity contribution in [3.63, 3.8) is 0 Å². The van der Waals surface area contributed by atoms with Gasteiger partial charge in [-0.1, -0.05) is 12.1 Å². The second-order valence-corrected chi connectivity index (χ2v) is 6.90. The molecule has 1 amide bonds. The largest absolute Gasteiger partial charge is 0.436 e. The normalized spacial score (nSPS) is 15.5. The van der Waals surface area contributed by atoms with E-state index < -0.39 is 5.41 Å². The average molecular weight is 333 g/mol. The Morgan fingerprint density at radius 3 is 2.68 bits per heavy atom. The van der Waals surface area contributed by atoms with E-state index in [2.05, 4.69) is 9.97 Å². The Labute approximate surface area is 146 Å². The first kappa shape index (κ1) is 15.6. The molecule has 0 radical (unpaired) electrons. The molecule has 0 atom stereocenters. The van der Waals surface area contributed by atoms with E-state index in [-0.39, 0.29) is 5.91 Å². The Bertz CT molecular complexity index is 974. The van der Waals surface area contributed by atoms with Crippen LogP contribution in [0.15, 0.2) is 47.1 Å². The molecule has 0 spiro atoms. The molecule has 2 aromatic heterocycles. The van der Waals surface area contributed by atoms with E-state index in [9.17, 15) is 4.79 Å². The summed E-state index contributed by atoms with van der Waals surface area (Å²) in [6.45, 7) is 5.83. The van der Waals surface area contributed by atoms with E-state index in [1.54, 1.807) is 17.3 Å². The number of pyridine rings is 1. The molecular weight excluding hydrogens is 314 g/mol. The fraction of sp³-hybridized carbons (Fsp3) is 0.250. The summed E-state index contributed by atoms with van der Waals surface area (Å²) in [7, 11) is 1.81. The lowest BCUT2D eigenvalue weighted by atomic mass is 9.86. The number of aromatic nitrogens is 2. The molecule has 0 unspecified atom stereocenters. The number of anilines is 1. The molecule has 25 heavy (non-hydrogen) atoms.